The van der Waals surface area contributed by atoms with Gasteiger partial charge in [-0.05, 0) is 48.4 Å². The molecule has 0 saturated carbocycles. The van der Waals surface area contributed by atoms with Gasteiger partial charge in [-0.2, -0.15) is 5.10 Å². The van der Waals surface area contributed by atoms with Crippen LogP contribution >= 0.6 is 11.6 Å². The number of hydrogen-bond donors (Lipinski definition) is 2. The molecule has 0 unspecified atom stereocenters. The average molecular weight is 289 g/mol. The fourth-order valence-electron chi connectivity index (χ4n) is 1.74. The van der Waals surface area contributed by atoms with Crippen LogP contribution in [0.2, 0.25) is 5.02 Å². The van der Waals surface area contributed by atoms with E-state index in [0.29, 0.717) is 10.7 Å². The molecule has 2 aromatic rings. The topological polar surface area (TPSA) is 61.7 Å². The first-order valence-electron chi connectivity index (χ1n) is 5.94. The molecule has 0 radical (unpaired) electrons. The molecule has 0 spiro atoms. The third-order valence-corrected chi connectivity index (χ3v) is 2.80. The summed E-state index contributed by atoms with van der Waals surface area (Å²) in [6, 6.07) is 12.1. The summed E-state index contributed by atoms with van der Waals surface area (Å²) in [5.41, 5.74) is 5.53. The van der Waals surface area contributed by atoms with Gasteiger partial charge in [0.05, 0.1) is 17.5 Å². The molecule has 2 rings (SSSR count). The van der Waals surface area contributed by atoms with Crippen LogP contribution in [0.4, 0.5) is 5.69 Å². The van der Waals surface area contributed by atoms with E-state index in [1.165, 1.54) is 12.1 Å². The Kier molecular flexibility index (Phi) is 4.38. The Bertz CT molecular complexity index is 648. The normalized spacial score (nSPS) is 10.7. The molecule has 2 aromatic carbocycles. The van der Waals surface area contributed by atoms with Crippen molar-refractivity contribution in [3.05, 3.63) is 64.2 Å². The molecule has 0 aliphatic rings. The van der Waals surface area contributed by atoms with Gasteiger partial charge in [0.15, 0.2) is 0 Å². The van der Waals surface area contributed by atoms with Crippen LogP contribution in [0.25, 0.3) is 0 Å². The molecule has 5 heteroatoms. The monoisotopic (exact) mass is 288 g/mol. The lowest BCUT2D eigenvalue weighted by Gasteiger charge is -2.02. The third-order valence-electron chi connectivity index (χ3n) is 2.58. The molecular weight excluding hydrogens is 276 g/mol. The van der Waals surface area contributed by atoms with Crippen LogP contribution in [0.15, 0.2) is 47.6 Å². The Morgan fingerprint density at radius 3 is 2.80 bits per heavy atom. The Hall–Kier alpha value is -2.33. The summed E-state index contributed by atoms with van der Waals surface area (Å²) < 4.78 is 0. The standard InChI is InChI=1S/C15H13ClN2O2/c1-10-5-11(7-13(16)6-10)9-17-18-14-4-2-3-12(8-14)15(19)20/h2-9,18H,1H3,(H,19,20)/b17-9-. The lowest BCUT2D eigenvalue weighted by molar-refractivity contribution is 0.0697. The second-order valence-electron chi connectivity index (χ2n) is 4.32. The zero-order chi connectivity index (χ0) is 14.5. The molecule has 0 atom stereocenters. The maximum Gasteiger partial charge on any atom is 0.335 e. The molecular formula is C15H13ClN2O2. The Morgan fingerprint density at radius 1 is 1.30 bits per heavy atom. The van der Waals surface area contributed by atoms with Gasteiger partial charge in [-0.3, -0.25) is 5.43 Å². The summed E-state index contributed by atoms with van der Waals surface area (Å²) in [5, 5.41) is 13.6. The number of aryl methyl sites for hydroxylation is 1. The molecule has 20 heavy (non-hydrogen) atoms. The number of nitrogens with zero attached hydrogens (tertiary/aromatic N) is 1. The Labute approximate surface area is 121 Å². The van der Waals surface area contributed by atoms with Crippen LogP contribution in [0.1, 0.15) is 21.5 Å². The number of rotatable bonds is 4. The van der Waals surface area contributed by atoms with Crippen LogP contribution < -0.4 is 5.43 Å². The SMILES string of the molecule is Cc1cc(Cl)cc(/C=N\Nc2cccc(C(=O)O)c2)c1. The van der Waals surface area contributed by atoms with Crippen molar-refractivity contribution in [2.45, 2.75) is 6.92 Å². The van der Waals surface area contributed by atoms with Crippen molar-refractivity contribution < 1.29 is 9.90 Å². The fraction of sp³-hybridized carbons (Fsp3) is 0.0667. The van der Waals surface area contributed by atoms with Crippen molar-refractivity contribution in [3.63, 3.8) is 0 Å². The van der Waals surface area contributed by atoms with E-state index in [9.17, 15) is 4.79 Å². The Balaban J connectivity index is 2.09. The summed E-state index contributed by atoms with van der Waals surface area (Å²) in [4.78, 5) is 10.8. The molecule has 102 valence electrons. The number of halogens is 1. The maximum atomic E-state index is 10.8. The number of carboxylic acids is 1. The van der Waals surface area contributed by atoms with E-state index in [2.05, 4.69) is 10.5 Å². The molecule has 2 N–H and O–H groups in total. The lowest BCUT2D eigenvalue weighted by Crippen LogP contribution is -1.97. The van der Waals surface area contributed by atoms with Gasteiger partial charge in [-0.15, -0.1) is 0 Å². The van der Waals surface area contributed by atoms with Crippen molar-refractivity contribution >= 4 is 29.5 Å². The predicted octanol–water partition coefficient (Wildman–Crippen LogP) is 3.79. The minimum Gasteiger partial charge on any atom is -0.478 e. The van der Waals surface area contributed by atoms with Crippen molar-refractivity contribution in [3.8, 4) is 0 Å². The smallest absolute Gasteiger partial charge is 0.335 e. The molecule has 0 bridgehead atoms. The third kappa shape index (κ3) is 3.83. The molecule has 0 saturated heterocycles. The molecule has 0 fully saturated rings. The van der Waals surface area contributed by atoms with Gasteiger partial charge >= 0.3 is 5.97 Å². The van der Waals surface area contributed by atoms with Crippen molar-refractivity contribution in [1.29, 1.82) is 0 Å². The van der Waals surface area contributed by atoms with Gasteiger partial charge in [0.2, 0.25) is 0 Å². The number of hydrogen-bond acceptors (Lipinski definition) is 3. The van der Waals surface area contributed by atoms with E-state index in [4.69, 9.17) is 16.7 Å². The van der Waals surface area contributed by atoms with Crippen molar-refractivity contribution in [1.82, 2.24) is 0 Å². The second kappa shape index (κ2) is 6.21. The molecule has 0 heterocycles. The zero-order valence-corrected chi connectivity index (χ0v) is 11.6. The van der Waals surface area contributed by atoms with Gasteiger partial charge in [-0.1, -0.05) is 23.7 Å². The molecule has 0 amide bonds. The predicted molar refractivity (Wildman–Crippen MR) is 80.8 cm³/mol. The van der Waals surface area contributed by atoms with E-state index in [0.717, 1.165) is 11.1 Å². The van der Waals surface area contributed by atoms with E-state index in [1.807, 2.05) is 19.1 Å². The minimum atomic E-state index is -0.969. The number of nitrogens with one attached hydrogen (secondary N) is 1. The summed E-state index contributed by atoms with van der Waals surface area (Å²) in [6.07, 6.45) is 1.63. The van der Waals surface area contributed by atoms with Gasteiger partial charge in [0.25, 0.3) is 0 Å². The van der Waals surface area contributed by atoms with Crippen LogP contribution in [-0.2, 0) is 0 Å². The van der Waals surface area contributed by atoms with Crippen LogP contribution in [0.5, 0.6) is 0 Å². The van der Waals surface area contributed by atoms with Gasteiger partial charge in [0.1, 0.15) is 0 Å². The van der Waals surface area contributed by atoms with Gasteiger partial charge in [0, 0.05) is 5.02 Å². The molecule has 0 aromatic heterocycles. The summed E-state index contributed by atoms with van der Waals surface area (Å²) in [6.45, 7) is 1.95. The quantitative estimate of drug-likeness (QED) is 0.664. The lowest BCUT2D eigenvalue weighted by atomic mass is 10.1. The number of aromatic carboxylic acids is 1. The van der Waals surface area contributed by atoms with E-state index in [1.54, 1.807) is 24.4 Å². The maximum absolute atomic E-state index is 10.8. The van der Waals surface area contributed by atoms with Gasteiger partial charge in [-0.25, -0.2) is 4.79 Å². The van der Waals surface area contributed by atoms with E-state index in [-0.39, 0.29) is 5.56 Å². The first-order valence-corrected chi connectivity index (χ1v) is 6.32. The molecule has 4 nitrogen and oxygen atoms in total. The summed E-state index contributed by atoms with van der Waals surface area (Å²) in [7, 11) is 0. The highest BCUT2D eigenvalue weighted by Gasteiger charge is 2.02. The number of carbonyl (C=O) groups is 1. The zero-order valence-electron chi connectivity index (χ0n) is 10.8. The highest BCUT2D eigenvalue weighted by molar-refractivity contribution is 6.30. The number of benzene rings is 2. The first kappa shape index (κ1) is 14.1. The van der Waals surface area contributed by atoms with Crippen molar-refractivity contribution in [2.24, 2.45) is 5.10 Å². The summed E-state index contributed by atoms with van der Waals surface area (Å²) >= 11 is 5.95. The fourth-order valence-corrected chi connectivity index (χ4v) is 2.04. The number of carboxylic acid groups (broad SMARTS) is 1. The van der Waals surface area contributed by atoms with Crippen LogP contribution in [0.3, 0.4) is 0 Å². The van der Waals surface area contributed by atoms with E-state index < -0.39 is 5.97 Å². The highest BCUT2D eigenvalue weighted by Crippen LogP contribution is 2.14. The molecule has 0 aliphatic carbocycles. The second-order valence-corrected chi connectivity index (χ2v) is 4.75. The van der Waals surface area contributed by atoms with E-state index >= 15 is 0 Å². The van der Waals surface area contributed by atoms with Gasteiger partial charge < -0.3 is 5.11 Å². The van der Waals surface area contributed by atoms with Crippen LogP contribution in [-0.4, -0.2) is 17.3 Å². The highest BCUT2D eigenvalue weighted by atomic mass is 35.5. The number of hydrazone groups is 1. The summed E-state index contributed by atoms with van der Waals surface area (Å²) in [5.74, 6) is -0.969. The van der Waals surface area contributed by atoms with Crippen LogP contribution in [0, 0.1) is 6.92 Å². The average Bonchev–Trinajstić information content (AvgIpc) is 2.38. The number of anilines is 1. The van der Waals surface area contributed by atoms with Crippen molar-refractivity contribution in [2.75, 3.05) is 5.43 Å². The minimum absolute atomic E-state index is 0.212. The molecule has 0 aliphatic heterocycles. The largest absolute Gasteiger partial charge is 0.478 e. The first-order chi connectivity index (χ1) is 9.54. The Morgan fingerprint density at radius 2 is 2.10 bits per heavy atom.